The molecule has 4 nitrogen and oxygen atoms in total. The van der Waals surface area contributed by atoms with E-state index in [2.05, 4.69) is 4.90 Å². The van der Waals surface area contributed by atoms with Gasteiger partial charge in [0.2, 0.25) is 0 Å². The van der Waals surface area contributed by atoms with Gasteiger partial charge in [0.15, 0.2) is 15.0 Å². The lowest BCUT2D eigenvalue weighted by atomic mass is 10.1. The predicted molar refractivity (Wildman–Crippen MR) is 111 cm³/mol. The van der Waals surface area contributed by atoms with Gasteiger partial charge in [0.25, 0.3) is 0 Å². The average molecular weight is 435 g/mol. The van der Waals surface area contributed by atoms with Crippen molar-refractivity contribution in [3.05, 3.63) is 65.0 Å². The van der Waals surface area contributed by atoms with Gasteiger partial charge in [-0.1, -0.05) is 29.8 Å². The largest absolute Gasteiger partial charge is 0.348 e. The molecular weight excluding hydrogens is 414 g/mol. The van der Waals surface area contributed by atoms with Crippen LogP contribution in [0, 0.1) is 18.6 Å². The van der Waals surface area contributed by atoms with Crippen LogP contribution in [-0.2, 0) is 9.84 Å². The van der Waals surface area contributed by atoms with Crippen LogP contribution < -0.4 is 4.90 Å². The molecule has 0 N–H and O–H groups in total. The van der Waals surface area contributed by atoms with E-state index in [9.17, 15) is 17.2 Å². The van der Waals surface area contributed by atoms with Gasteiger partial charge in [-0.25, -0.2) is 22.2 Å². The standard InChI is InChI=1S/C21H20F2N2O2S2/c1-14-2-4-15(5-3-14)19-13-28-21(24-19)25-10-8-17(9-11-25)29(26,27)20-7-6-16(22)12-18(20)23/h2-7,12-13,17H,8-11H2,1H3. The molecule has 1 aliphatic rings. The topological polar surface area (TPSA) is 50.3 Å². The zero-order valence-electron chi connectivity index (χ0n) is 15.8. The Bertz CT molecular complexity index is 1120. The lowest BCUT2D eigenvalue weighted by Crippen LogP contribution is -2.39. The third-order valence-electron chi connectivity index (χ3n) is 5.19. The van der Waals surface area contributed by atoms with Crippen LogP contribution in [0.2, 0.25) is 0 Å². The number of aromatic nitrogens is 1. The number of hydrogen-bond acceptors (Lipinski definition) is 5. The maximum Gasteiger partial charge on any atom is 0.185 e. The Balaban J connectivity index is 1.46. The van der Waals surface area contributed by atoms with Crippen molar-refractivity contribution in [3.8, 4) is 11.3 Å². The van der Waals surface area contributed by atoms with Gasteiger partial charge in [-0.05, 0) is 31.9 Å². The van der Waals surface area contributed by atoms with E-state index in [4.69, 9.17) is 4.98 Å². The fourth-order valence-corrected chi connectivity index (χ4v) is 6.18. The van der Waals surface area contributed by atoms with Gasteiger partial charge in [-0.3, -0.25) is 0 Å². The Hall–Kier alpha value is -2.32. The molecule has 0 atom stereocenters. The number of anilines is 1. The van der Waals surface area contributed by atoms with Crippen molar-refractivity contribution in [3.63, 3.8) is 0 Å². The van der Waals surface area contributed by atoms with Crippen LogP contribution in [-0.4, -0.2) is 31.7 Å². The van der Waals surface area contributed by atoms with Crippen LogP contribution in [0.1, 0.15) is 18.4 Å². The van der Waals surface area contributed by atoms with Crippen LogP contribution >= 0.6 is 11.3 Å². The van der Waals surface area contributed by atoms with E-state index in [1.165, 1.54) is 16.9 Å². The molecule has 1 saturated heterocycles. The predicted octanol–water partition coefficient (Wildman–Crippen LogP) is 4.84. The van der Waals surface area contributed by atoms with Crippen LogP contribution in [0.3, 0.4) is 0 Å². The van der Waals surface area contributed by atoms with Gasteiger partial charge in [0, 0.05) is 30.1 Å². The average Bonchev–Trinajstić information content (AvgIpc) is 3.18. The summed E-state index contributed by atoms with van der Waals surface area (Å²) in [5, 5.41) is 2.16. The number of nitrogens with zero attached hydrogens (tertiary/aromatic N) is 2. The first-order valence-electron chi connectivity index (χ1n) is 9.31. The summed E-state index contributed by atoms with van der Waals surface area (Å²) >= 11 is 1.53. The number of thiazole rings is 1. The number of rotatable bonds is 4. The van der Waals surface area contributed by atoms with E-state index in [1.54, 1.807) is 0 Å². The minimum absolute atomic E-state index is 0.374. The number of piperidine rings is 1. The molecule has 1 fully saturated rings. The highest BCUT2D eigenvalue weighted by Crippen LogP contribution is 2.32. The summed E-state index contributed by atoms with van der Waals surface area (Å²) in [5.74, 6) is -1.82. The Labute approximate surface area is 172 Å². The van der Waals surface area contributed by atoms with Crippen molar-refractivity contribution < 1.29 is 17.2 Å². The molecule has 0 aliphatic carbocycles. The molecule has 8 heteroatoms. The Morgan fingerprint density at radius 2 is 1.76 bits per heavy atom. The monoisotopic (exact) mass is 434 g/mol. The molecule has 152 valence electrons. The molecule has 0 unspecified atom stereocenters. The van der Waals surface area contributed by atoms with Gasteiger partial charge in [0.1, 0.15) is 16.5 Å². The molecule has 0 spiro atoms. The molecule has 29 heavy (non-hydrogen) atoms. The smallest absolute Gasteiger partial charge is 0.185 e. The molecule has 2 aromatic carbocycles. The van der Waals surface area contributed by atoms with E-state index in [1.807, 2.05) is 36.6 Å². The lowest BCUT2D eigenvalue weighted by Gasteiger charge is -2.31. The van der Waals surface area contributed by atoms with Crippen molar-refractivity contribution in [1.29, 1.82) is 0 Å². The molecule has 0 amide bonds. The highest BCUT2D eigenvalue weighted by Gasteiger charge is 2.34. The van der Waals surface area contributed by atoms with Gasteiger partial charge in [0.05, 0.1) is 10.9 Å². The summed E-state index contributed by atoms with van der Waals surface area (Å²) in [7, 11) is -3.84. The minimum Gasteiger partial charge on any atom is -0.348 e. The number of halogens is 2. The SMILES string of the molecule is Cc1ccc(-c2csc(N3CCC(S(=O)(=O)c4ccc(F)cc4F)CC3)n2)cc1. The highest BCUT2D eigenvalue weighted by molar-refractivity contribution is 7.92. The Morgan fingerprint density at radius 3 is 2.41 bits per heavy atom. The first kappa shape index (κ1) is 20.0. The van der Waals surface area contributed by atoms with Crippen LogP contribution in [0.5, 0.6) is 0 Å². The second kappa shape index (κ2) is 7.84. The van der Waals surface area contributed by atoms with Crippen molar-refractivity contribution in [2.24, 2.45) is 0 Å². The summed E-state index contributed by atoms with van der Waals surface area (Å²) < 4.78 is 52.7. The highest BCUT2D eigenvalue weighted by atomic mass is 32.2. The van der Waals surface area contributed by atoms with E-state index in [0.29, 0.717) is 32.0 Å². The summed E-state index contributed by atoms with van der Waals surface area (Å²) in [5.41, 5.74) is 3.13. The van der Waals surface area contributed by atoms with Crippen LogP contribution in [0.25, 0.3) is 11.3 Å². The second-order valence-electron chi connectivity index (χ2n) is 7.19. The van der Waals surface area contributed by atoms with Crippen LogP contribution in [0.15, 0.2) is 52.7 Å². The summed E-state index contributed by atoms with van der Waals surface area (Å²) in [6.45, 7) is 3.08. The first-order chi connectivity index (χ1) is 13.8. The van der Waals surface area contributed by atoms with Gasteiger partial charge in [-0.2, -0.15) is 0 Å². The summed E-state index contributed by atoms with van der Waals surface area (Å²) in [4.78, 5) is 6.34. The summed E-state index contributed by atoms with van der Waals surface area (Å²) in [6, 6.07) is 10.8. The van der Waals surface area contributed by atoms with Gasteiger partial charge < -0.3 is 4.90 Å². The Kier molecular flexibility index (Phi) is 5.40. The third kappa shape index (κ3) is 4.04. The zero-order valence-corrected chi connectivity index (χ0v) is 17.4. The molecule has 0 radical (unpaired) electrons. The molecule has 3 aromatic rings. The molecule has 1 aliphatic heterocycles. The van der Waals surface area contributed by atoms with Crippen LogP contribution in [0.4, 0.5) is 13.9 Å². The van der Waals surface area contributed by atoms with E-state index >= 15 is 0 Å². The normalized spacial score (nSPS) is 15.6. The van der Waals surface area contributed by atoms with Crippen molar-refractivity contribution in [1.82, 2.24) is 4.98 Å². The molecular formula is C21H20F2N2O2S2. The zero-order chi connectivity index (χ0) is 20.6. The van der Waals surface area contributed by atoms with Crippen molar-refractivity contribution in [2.45, 2.75) is 29.9 Å². The van der Waals surface area contributed by atoms with Gasteiger partial charge >= 0.3 is 0 Å². The number of hydrogen-bond donors (Lipinski definition) is 0. The van der Waals surface area contributed by atoms with E-state index in [-0.39, 0.29) is 0 Å². The molecule has 0 saturated carbocycles. The maximum absolute atomic E-state index is 14.0. The van der Waals surface area contributed by atoms with Gasteiger partial charge in [-0.15, -0.1) is 11.3 Å². The summed E-state index contributed by atoms with van der Waals surface area (Å²) in [6.07, 6.45) is 0.747. The first-order valence-corrected chi connectivity index (χ1v) is 11.7. The third-order valence-corrected chi connectivity index (χ3v) is 8.39. The van der Waals surface area contributed by atoms with E-state index < -0.39 is 31.6 Å². The molecule has 0 bridgehead atoms. The maximum atomic E-state index is 14.0. The second-order valence-corrected chi connectivity index (χ2v) is 10.2. The number of sulfone groups is 1. The van der Waals surface area contributed by atoms with Crippen molar-refractivity contribution >= 4 is 26.3 Å². The number of benzene rings is 2. The Morgan fingerprint density at radius 1 is 1.07 bits per heavy atom. The molecule has 2 heterocycles. The minimum atomic E-state index is -3.84. The lowest BCUT2D eigenvalue weighted by molar-refractivity contribution is 0.516. The quantitative estimate of drug-likeness (QED) is 0.552. The molecule has 4 rings (SSSR count). The number of aryl methyl sites for hydroxylation is 1. The fourth-order valence-electron chi connectivity index (χ4n) is 3.51. The van der Waals surface area contributed by atoms with Crippen molar-refractivity contribution in [2.75, 3.05) is 18.0 Å². The molecule has 1 aromatic heterocycles. The van der Waals surface area contributed by atoms with E-state index in [0.717, 1.165) is 28.5 Å². The fraction of sp³-hybridized carbons (Fsp3) is 0.286.